The number of hydrogen-bond donors (Lipinski definition) is 1. The monoisotopic (exact) mass is 337 g/mol. The predicted octanol–water partition coefficient (Wildman–Crippen LogP) is 1.66. The largest absolute Gasteiger partial charge is 0.497 e. The van der Waals surface area contributed by atoms with Crippen molar-refractivity contribution in [2.45, 2.75) is 37.7 Å². The number of aliphatic hydroxyl groups excluding tert-OH is 1. The Hall–Kier alpha value is -1.34. The Morgan fingerprint density at radius 2 is 1.88 bits per heavy atom. The van der Waals surface area contributed by atoms with Crippen LogP contribution in [0.4, 0.5) is 0 Å². The van der Waals surface area contributed by atoms with E-state index in [2.05, 4.69) is 4.90 Å². The number of rotatable bonds is 7. The average Bonchev–Trinajstić information content (AvgIpc) is 3.15. The molecule has 24 heavy (non-hydrogen) atoms. The minimum absolute atomic E-state index is 0.153. The molecule has 0 saturated carbocycles. The van der Waals surface area contributed by atoms with Crippen molar-refractivity contribution in [3.05, 3.63) is 24.3 Å². The second kappa shape index (κ2) is 8.67. The number of nitrogens with zero attached hydrogens (tertiary/aromatic N) is 1. The van der Waals surface area contributed by atoms with E-state index >= 15 is 0 Å². The summed E-state index contributed by atoms with van der Waals surface area (Å²) in [4.78, 5) is 2.28. The van der Waals surface area contributed by atoms with Crippen molar-refractivity contribution in [2.75, 3.05) is 40.0 Å². The molecule has 0 radical (unpaired) electrons. The molecule has 0 aliphatic carbocycles. The molecule has 0 aromatic heterocycles. The molecule has 2 heterocycles. The van der Waals surface area contributed by atoms with Crippen LogP contribution in [0.3, 0.4) is 0 Å². The standard InChI is InChI=1S/C18H27NO5/c1-21-15-5-7-16(8-6-15)24-13-14(20)12-19-9-3-2-4-17(19)18-22-10-11-23-18/h5-8,14,17-18,20H,2-4,9-13H2,1H3. The Morgan fingerprint density at radius 1 is 1.17 bits per heavy atom. The summed E-state index contributed by atoms with van der Waals surface area (Å²) in [5.74, 6) is 1.52. The van der Waals surface area contributed by atoms with E-state index < -0.39 is 6.10 Å². The molecule has 2 fully saturated rings. The maximum Gasteiger partial charge on any atom is 0.173 e. The lowest BCUT2D eigenvalue weighted by Crippen LogP contribution is -2.50. The van der Waals surface area contributed by atoms with Gasteiger partial charge < -0.3 is 24.1 Å². The molecule has 2 unspecified atom stereocenters. The molecule has 1 aromatic carbocycles. The Morgan fingerprint density at radius 3 is 2.58 bits per heavy atom. The Labute approximate surface area is 143 Å². The molecule has 1 aromatic rings. The Balaban J connectivity index is 1.47. The van der Waals surface area contributed by atoms with Crippen LogP contribution in [-0.2, 0) is 9.47 Å². The zero-order valence-electron chi connectivity index (χ0n) is 14.2. The minimum atomic E-state index is -0.547. The smallest absolute Gasteiger partial charge is 0.173 e. The number of ether oxygens (including phenoxy) is 4. The number of benzene rings is 1. The van der Waals surface area contributed by atoms with E-state index in [1.54, 1.807) is 7.11 Å². The molecule has 134 valence electrons. The molecular formula is C18H27NO5. The summed E-state index contributed by atoms with van der Waals surface area (Å²) in [6.07, 6.45) is 2.68. The van der Waals surface area contributed by atoms with Gasteiger partial charge in [0.05, 0.1) is 26.4 Å². The van der Waals surface area contributed by atoms with Crippen LogP contribution in [-0.4, -0.2) is 68.5 Å². The van der Waals surface area contributed by atoms with Crippen LogP contribution >= 0.6 is 0 Å². The van der Waals surface area contributed by atoms with Crippen molar-refractivity contribution >= 4 is 0 Å². The molecule has 2 atom stereocenters. The first-order chi connectivity index (χ1) is 11.8. The van der Waals surface area contributed by atoms with E-state index in [0.717, 1.165) is 30.9 Å². The summed E-state index contributed by atoms with van der Waals surface area (Å²) < 4.78 is 22.1. The molecule has 6 heteroatoms. The van der Waals surface area contributed by atoms with Gasteiger partial charge in [-0.2, -0.15) is 0 Å². The molecule has 2 aliphatic heterocycles. The molecule has 0 amide bonds. The highest BCUT2D eigenvalue weighted by Gasteiger charge is 2.34. The predicted molar refractivity (Wildman–Crippen MR) is 89.4 cm³/mol. The molecule has 2 saturated heterocycles. The van der Waals surface area contributed by atoms with Crippen molar-refractivity contribution in [3.63, 3.8) is 0 Å². The van der Waals surface area contributed by atoms with Crippen LogP contribution in [0.25, 0.3) is 0 Å². The summed E-state index contributed by atoms with van der Waals surface area (Å²) in [6, 6.07) is 7.61. The topological polar surface area (TPSA) is 60.4 Å². The van der Waals surface area contributed by atoms with Gasteiger partial charge in [0.15, 0.2) is 6.29 Å². The van der Waals surface area contributed by atoms with Gasteiger partial charge in [-0.15, -0.1) is 0 Å². The van der Waals surface area contributed by atoms with E-state index in [4.69, 9.17) is 18.9 Å². The second-order valence-corrected chi connectivity index (χ2v) is 6.31. The summed E-state index contributed by atoms with van der Waals surface area (Å²) in [5.41, 5.74) is 0. The normalized spacial score (nSPS) is 24.0. The average molecular weight is 337 g/mol. The van der Waals surface area contributed by atoms with Crippen LogP contribution in [0.1, 0.15) is 19.3 Å². The molecule has 3 rings (SSSR count). The van der Waals surface area contributed by atoms with E-state index in [9.17, 15) is 5.11 Å². The number of piperidine rings is 1. The highest BCUT2D eigenvalue weighted by atomic mass is 16.7. The van der Waals surface area contributed by atoms with Gasteiger partial charge >= 0.3 is 0 Å². The first-order valence-electron chi connectivity index (χ1n) is 8.68. The Kier molecular flexibility index (Phi) is 6.31. The fourth-order valence-electron chi connectivity index (χ4n) is 3.34. The van der Waals surface area contributed by atoms with E-state index in [1.807, 2.05) is 24.3 Å². The van der Waals surface area contributed by atoms with E-state index in [0.29, 0.717) is 19.8 Å². The fourth-order valence-corrected chi connectivity index (χ4v) is 3.34. The second-order valence-electron chi connectivity index (χ2n) is 6.31. The van der Waals surface area contributed by atoms with Gasteiger partial charge in [0.25, 0.3) is 0 Å². The molecule has 2 aliphatic rings. The molecular weight excluding hydrogens is 310 g/mol. The number of hydrogen-bond acceptors (Lipinski definition) is 6. The van der Waals surface area contributed by atoms with Crippen LogP contribution in [0.5, 0.6) is 11.5 Å². The maximum absolute atomic E-state index is 10.4. The van der Waals surface area contributed by atoms with Gasteiger partial charge in [-0.1, -0.05) is 6.42 Å². The molecule has 6 nitrogen and oxygen atoms in total. The van der Waals surface area contributed by atoms with Crippen molar-refractivity contribution < 1.29 is 24.1 Å². The third-order valence-corrected chi connectivity index (χ3v) is 4.57. The van der Waals surface area contributed by atoms with Gasteiger partial charge in [-0.05, 0) is 43.7 Å². The van der Waals surface area contributed by atoms with Crippen LogP contribution in [0.15, 0.2) is 24.3 Å². The third-order valence-electron chi connectivity index (χ3n) is 4.57. The fraction of sp³-hybridized carbons (Fsp3) is 0.667. The third kappa shape index (κ3) is 4.60. The lowest BCUT2D eigenvalue weighted by Gasteiger charge is -2.38. The quantitative estimate of drug-likeness (QED) is 0.817. The van der Waals surface area contributed by atoms with Crippen molar-refractivity contribution in [1.82, 2.24) is 4.90 Å². The van der Waals surface area contributed by atoms with Gasteiger partial charge in [0.2, 0.25) is 0 Å². The zero-order valence-corrected chi connectivity index (χ0v) is 14.2. The first kappa shape index (κ1) is 17.5. The zero-order chi connectivity index (χ0) is 16.8. The molecule has 0 spiro atoms. The lowest BCUT2D eigenvalue weighted by molar-refractivity contribution is -0.115. The van der Waals surface area contributed by atoms with Gasteiger partial charge in [-0.25, -0.2) is 0 Å². The Bertz CT molecular complexity index is 489. The van der Waals surface area contributed by atoms with E-state index in [1.165, 1.54) is 6.42 Å². The summed E-state index contributed by atoms with van der Waals surface area (Å²) in [5, 5.41) is 10.4. The highest BCUT2D eigenvalue weighted by molar-refractivity contribution is 5.31. The van der Waals surface area contributed by atoms with Gasteiger partial charge in [0.1, 0.15) is 24.2 Å². The maximum atomic E-state index is 10.4. The number of β-amino-alcohol motifs (C(OH)–C–C–N with tert-alkyl or cyclic N) is 1. The number of aliphatic hydroxyl groups is 1. The summed E-state index contributed by atoms with van der Waals surface area (Å²) >= 11 is 0. The highest BCUT2D eigenvalue weighted by Crippen LogP contribution is 2.24. The number of methoxy groups -OCH3 is 1. The van der Waals surface area contributed by atoms with Crippen LogP contribution in [0.2, 0.25) is 0 Å². The van der Waals surface area contributed by atoms with Crippen LogP contribution < -0.4 is 9.47 Å². The minimum Gasteiger partial charge on any atom is -0.497 e. The SMILES string of the molecule is COc1ccc(OCC(O)CN2CCCCC2C2OCCO2)cc1. The first-order valence-corrected chi connectivity index (χ1v) is 8.68. The number of likely N-dealkylation sites (tertiary alicyclic amines) is 1. The molecule has 0 bridgehead atoms. The van der Waals surface area contributed by atoms with Crippen LogP contribution in [0, 0.1) is 0 Å². The lowest BCUT2D eigenvalue weighted by atomic mass is 10.0. The van der Waals surface area contributed by atoms with Gasteiger partial charge in [0, 0.05) is 6.54 Å². The summed E-state index contributed by atoms with van der Waals surface area (Å²) in [7, 11) is 1.63. The summed E-state index contributed by atoms with van der Waals surface area (Å²) in [6.45, 7) is 3.13. The molecule has 1 N–H and O–H groups in total. The van der Waals surface area contributed by atoms with Crippen molar-refractivity contribution in [2.24, 2.45) is 0 Å². The van der Waals surface area contributed by atoms with Gasteiger partial charge in [-0.3, -0.25) is 4.90 Å². The van der Waals surface area contributed by atoms with Crippen molar-refractivity contribution in [1.29, 1.82) is 0 Å². The van der Waals surface area contributed by atoms with Crippen molar-refractivity contribution in [3.8, 4) is 11.5 Å². The van der Waals surface area contributed by atoms with E-state index in [-0.39, 0.29) is 18.9 Å².